The molecule has 1 aromatic heterocycles. The van der Waals surface area contributed by atoms with Gasteiger partial charge >= 0.3 is 6.03 Å². The fraction of sp³-hybridized carbons (Fsp3) is 0.647. The first-order valence-corrected chi connectivity index (χ1v) is 9.29. The summed E-state index contributed by atoms with van der Waals surface area (Å²) < 4.78 is 0. The van der Waals surface area contributed by atoms with E-state index in [1.807, 2.05) is 17.5 Å². The molecule has 5 atom stereocenters. The summed E-state index contributed by atoms with van der Waals surface area (Å²) in [5, 5.41) is 7.75. The smallest absolute Gasteiger partial charge is 0.312 e. The van der Waals surface area contributed by atoms with E-state index in [0.717, 1.165) is 16.7 Å². The number of urea groups is 1. The van der Waals surface area contributed by atoms with Crippen LogP contribution in [-0.2, 0) is 4.79 Å². The van der Waals surface area contributed by atoms with Crippen LogP contribution in [0.3, 0.4) is 0 Å². The fourth-order valence-corrected chi connectivity index (χ4v) is 5.17. The van der Waals surface area contributed by atoms with Gasteiger partial charge in [-0.15, -0.1) is 11.3 Å². The molecule has 3 amide bonds. The molecular formula is C17H25N3O2S. The maximum Gasteiger partial charge on any atom is 0.312 e. The summed E-state index contributed by atoms with van der Waals surface area (Å²) in [6, 6.07) is 3.08. The molecule has 2 bridgehead atoms. The van der Waals surface area contributed by atoms with Gasteiger partial charge < -0.3 is 16.4 Å². The largest absolute Gasteiger partial charge is 0.353 e. The number of rotatable bonds is 6. The van der Waals surface area contributed by atoms with Gasteiger partial charge in [-0.05, 0) is 55.4 Å². The summed E-state index contributed by atoms with van der Waals surface area (Å²) in [7, 11) is 0. The van der Waals surface area contributed by atoms with Crippen molar-refractivity contribution in [1.29, 1.82) is 0 Å². The molecule has 0 radical (unpaired) electrons. The van der Waals surface area contributed by atoms with Crippen LogP contribution < -0.4 is 16.4 Å². The van der Waals surface area contributed by atoms with Crippen LogP contribution in [0.15, 0.2) is 17.5 Å². The Kier molecular flexibility index (Phi) is 4.90. The minimum atomic E-state index is -0.600. The zero-order chi connectivity index (χ0) is 16.4. The Labute approximate surface area is 141 Å². The molecular weight excluding hydrogens is 310 g/mol. The molecule has 5 nitrogen and oxygen atoms in total. The van der Waals surface area contributed by atoms with Gasteiger partial charge in [-0.25, -0.2) is 4.79 Å². The first-order chi connectivity index (χ1) is 11.0. The molecule has 1 heterocycles. The highest BCUT2D eigenvalue weighted by molar-refractivity contribution is 7.10. The summed E-state index contributed by atoms with van der Waals surface area (Å²) in [5.41, 5.74) is 5.24. The lowest BCUT2D eigenvalue weighted by atomic mass is 9.84. The van der Waals surface area contributed by atoms with E-state index in [2.05, 4.69) is 17.6 Å². The number of nitrogens with two attached hydrogens (primary N) is 1. The molecule has 6 heteroatoms. The SMILES string of the molecule is CC(NC(=O)CC(NC(N)=O)c1cccs1)C1CC2CCC1C2. The van der Waals surface area contributed by atoms with Gasteiger partial charge in [0.05, 0.1) is 12.5 Å². The molecule has 0 spiro atoms. The number of nitrogens with one attached hydrogen (secondary N) is 2. The van der Waals surface area contributed by atoms with Gasteiger partial charge in [0.1, 0.15) is 0 Å². The first-order valence-electron chi connectivity index (χ1n) is 8.41. The van der Waals surface area contributed by atoms with Crippen LogP contribution in [0.5, 0.6) is 0 Å². The number of hydrogen-bond donors (Lipinski definition) is 3. The van der Waals surface area contributed by atoms with Gasteiger partial charge in [-0.3, -0.25) is 4.79 Å². The van der Waals surface area contributed by atoms with Crippen molar-refractivity contribution in [2.24, 2.45) is 23.5 Å². The van der Waals surface area contributed by atoms with Crippen molar-refractivity contribution >= 4 is 23.3 Å². The molecule has 4 N–H and O–H groups in total. The van der Waals surface area contributed by atoms with Crippen molar-refractivity contribution in [2.45, 2.75) is 51.1 Å². The Morgan fingerprint density at radius 2 is 2.17 bits per heavy atom. The molecule has 1 aromatic rings. The lowest BCUT2D eigenvalue weighted by Gasteiger charge is -2.29. The van der Waals surface area contributed by atoms with E-state index in [1.165, 1.54) is 37.0 Å². The Morgan fingerprint density at radius 1 is 1.35 bits per heavy atom. The molecule has 126 valence electrons. The summed E-state index contributed by atoms with van der Waals surface area (Å²) in [4.78, 5) is 24.5. The molecule has 2 aliphatic carbocycles. The second-order valence-corrected chi connectivity index (χ2v) is 7.95. The average Bonchev–Trinajstić information content (AvgIpc) is 3.23. The minimum absolute atomic E-state index is 0.0209. The average molecular weight is 335 g/mol. The number of thiophene rings is 1. The molecule has 0 aliphatic heterocycles. The van der Waals surface area contributed by atoms with Crippen LogP contribution in [0.25, 0.3) is 0 Å². The molecule has 0 saturated heterocycles. The van der Waals surface area contributed by atoms with Crippen molar-refractivity contribution < 1.29 is 9.59 Å². The highest BCUT2D eigenvalue weighted by Crippen LogP contribution is 2.49. The van der Waals surface area contributed by atoms with Gasteiger partial charge in [0, 0.05) is 10.9 Å². The number of hydrogen-bond acceptors (Lipinski definition) is 3. The van der Waals surface area contributed by atoms with Crippen molar-refractivity contribution in [1.82, 2.24) is 10.6 Å². The zero-order valence-corrected chi connectivity index (χ0v) is 14.3. The molecule has 23 heavy (non-hydrogen) atoms. The zero-order valence-electron chi connectivity index (χ0n) is 13.5. The van der Waals surface area contributed by atoms with Crippen LogP contribution in [0.2, 0.25) is 0 Å². The topological polar surface area (TPSA) is 84.2 Å². The predicted octanol–water partition coefficient (Wildman–Crippen LogP) is 2.79. The molecule has 2 aliphatic rings. The van der Waals surface area contributed by atoms with E-state index >= 15 is 0 Å². The van der Waals surface area contributed by atoms with E-state index in [4.69, 9.17) is 5.73 Å². The quantitative estimate of drug-likeness (QED) is 0.747. The van der Waals surface area contributed by atoms with Crippen molar-refractivity contribution in [2.75, 3.05) is 0 Å². The first kappa shape index (κ1) is 16.3. The molecule has 2 saturated carbocycles. The maximum absolute atomic E-state index is 12.4. The molecule has 0 aromatic carbocycles. The Balaban J connectivity index is 1.55. The minimum Gasteiger partial charge on any atom is -0.353 e. The summed E-state index contributed by atoms with van der Waals surface area (Å²) in [6.07, 6.45) is 5.50. The van der Waals surface area contributed by atoms with Crippen LogP contribution in [0, 0.1) is 17.8 Å². The highest BCUT2D eigenvalue weighted by atomic mass is 32.1. The number of primary amides is 1. The van der Waals surface area contributed by atoms with Crippen LogP contribution >= 0.6 is 11.3 Å². The number of amides is 3. The lowest BCUT2D eigenvalue weighted by molar-refractivity contribution is -0.122. The van der Waals surface area contributed by atoms with E-state index in [-0.39, 0.29) is 24.4 Å². The van der Waals surface area contributed by atoms with Crippen LogP contribution in [0.4, 0.5) is 4.79 Å². The standard InChI is InChI=1S/C17H25N3O2S/c1-10(13-8-11-4-5-12(13)7-11)19-16(21)9-14(20-17(18)22)15-3-2-6-23-15/h2-3,6,10-14H,4-5,7-9H2,1H3,(H,19,21)(H3,18,20,22). The number of fused-ring (bicyclic) bond motifs is 2. The second-order valence-electron chi connectivity index (χ2n) is 6.98. The predicted molar refractivity (Wildman–Crippen MR) is 90.9 cm³/mol. The monoisotopic (exact) mass is 335 g/mol. The van der Waals surface area contributed by atoms with E-state index < -0.39 is 6.03 Å². The Bertz CT molecular complexity index is 560. The third kappa shape index (κ3) is 3.86. The van der Waals surface area contributed by atoms with Gasteiger partial charge in [0.25, 0.3) is 0 Å². The van der Waals surface area contributed by atoms with Gasteiger partial charge in [-0.2, -0.15) is 0 Å². The Morgan fingerprint density at radius 3 is 2.74 bits per heavy atom. The van der Waals surface area contributed by atoms with Crippen LogP contribution in [-0.4, -0.2) is 18.0 Å². The third-order valence-electron chi connectivity index (χ3n) is 5.42. The normalized spacial score (nSPS) is 28.3. The highest BCUT2D eigenvalue weighted by Gasteiger charge is 2.42. The number of carbonyl (C=O) groups excluding carboxylic acids is 2. The van der Waals surface area contributed by atoms with E-state index in [1.54, 1.807) is 0 Å². The Hall–Kier alpha value is -1.56. The van der Waals surface area contributed by atoms with Gasteiger partial charge in [-0.1, -0.05) is 12.5 Å². The summed E-state index contributed by atoms with van der Waals surface area (Å²) in [5.74, 6) is 2.25. The maximum atomic E-state index is 12.4. The van der Waals surface area contributed by atoms with Gasteiger partial charge in [0.15, 0.2) is 0 Å². The number of carbonyl (C=O) groups is 2. The summed E-state index contributed by atoms with van der Waals surface area (Å²) in [6.45, 7) is 2.12. The van der Waals surface area contributed by atoms with Crippen molar-refractivity contribution in [3.63, 3.8) is 0 Å². The lowest BCUT2D eigenvalue weighted by Crippen LogP contribution is -2.42. The van der Waals surface area contributed by atoms with Crippen molar-refractivity contribution in [3.8, 4) is 0 Å². The molecule has 3 rings (SSSR count). The fourth-order valence-electron chi connectivity index (χ4n) is 4.40. The molecule has 2 fully saturated rings. The van der Waals surface area contributed by atoms with E-state index in [9.17, 15) is 9.59 Å². The molecule has 5 unspecified atom stereocenters. The van der Waals surface area contributed by atoms with Crippen molar-refractivity contribution in [3.05, 3.63) is 22.4 Å². The van der Waals surface area contributed by atoms with E-state index in [0.29, 0.717) is 5.92 Å². The van der Waals surface area contributed by atoms with Crippen LogP contribution in [0.1, 0.15) is 49.9 Å². The second kappa shape index (κ2) is 6.91. The third-order valence-corrected chi connectivity index (χ3v) is 6.40. The van der Waals surface area contributed by atoms with Gasteiger partial charge in [0.2, 0.25) is 5.91 Å². The summed E-state index contributed by atoms with van der Waals surface area (Å²) >= 11 is 1.52.